The summed E-state index contributed by atoms with van der Waals surface area (Å²) in [6.45, 7) is 6.53. The van der Waals surface area contributed by atoms with Crippen molar-refractivity contribution in [3.63, 3.8) is 0 Å². The zero-order valence-electron chi connectivity index (χ0n) is 11.8. The van der Waals surface area contributed by atoms with Crippen molar-refractivity contribution in [3.8, 4) is 0 Å². The van der Waals surface area contributed by atoms with Crippen LogP contribution >= 0.6 is 0 Å². The molecule has 1 aliphatic heterocycles. The van der Waals surface area contributed by atoms with Gasteiger partial charge in [-0.15, -0.1) is 0 Å². The maximum absolute atomic E-state index is 5.36. The summed E-state index contributed by atoms with van der Waals surface area (Å²) in [5.41, 5.74) is 1.35. The molecule has 1 unspecified atom stereocenters. The number of ether oxygens (including phenoxy) is 1. The lowest BCUT2D eigenvalue weighted by Crippen LogP contribution is -2.48. The Balaban J connectivity index is 1.86. The van der Waals surface area contributed by atoms with Gasteiger partial charge in [0.1, 0.15) is 0 Å². The maximum Gasteiger partial charge on any atom is 0.193 e. The molecule has 104 valence electrons. The second-order valence-corrected chi connectivity index (χ2v) is 4.84. The topological polar surface area (TPSA) is 36.9 Å². The molecule has 1 atom stereocenters. The summed E-state index contributed by atoms with van der Waals surface area (Å²) in [5, 5.41) is 3.46. The van der Waals surface area contributed by atoms with Crippen molar-refractivity contribution >= 4 is 5.96 Å². The molecule has 2 rings (SSSR count). The number of nitrogens with one attached hydrogen (secondary N) is 1. The highest BCUT2D eigenvalue weighted by atomic mass is 16.5. The van der Waals surface area contributed by atoms with Crippen LogP contribution in [0.25, 0.3) is 0 Å². The molecule has 1 heterocycles. The molecule has 0 aromatic heterocycles. The van der Waals surface area contributed by atoms with Crippen molar-refractivity contribution in [2.75, 3.05) is 39.9 Å². The molecule has 0 aliphatic carbocycles. The summed E-state index contributed by atoms with van der Waals surface area (Å²) in [5.74, 6) is 1.45. The Labute approximate surface area is 115 Å². The lowest BCUT2D eigenvalue weighted by atomic mass is 10.0. The van der Waals surface area contributed by atoms with E-state index in [1.165, 1.54) is 5.56 Å². The van der Waals surface area contributed by atoms with Gasteiger partial charge in [0.2, 0.25) is 0 Å². The molecule has 1 fully saturated rings. The van der Waals surface area contributed by atoms with Gasteiger partial charge in [0, 0.05) is 26.7 Å². The van der Waals surface area contributed by atoms with Gasteiger partial charge in [-0.25, -0.2) is 0 Å². The normalized spacial score (nSPS) is 18.2. The van der Waals surface area contributed by atoms with Crippen LogP contribution in [0.4, 0.5) is 0 Å². The van der Waals surface area contributed by atoms with Gasteiger partial charge >= 0.3 is 0 Å². The summed E-state index contributed by atoms with van der Waals surface area (Å²) in [6.07, 6.45) is 0. The molecule has 0 bridgehead atoms. The van der Waals surface area contributed by atoms with Crippen LogP contribution in [0.3, 0.4) is 0 Å². The largest absolute Gasteiger partial charge is 0.378 e. The molecule has 0 saturated carbocycles. The van der Waals surface area contributed by atoms with Crippen molar-refractivity contribution in [1.82, 2.24) is 10.2 Å². The Kier molecular flexibility index (Phi) is 5.21. The quantitative estimate of drug-likeness (QED) is 0.664. The lowest BCUT2D eigenvalue weighted by Gasteiger charge is -2.30. The predicted octanol–water partition coefficient (Wildman–Crippen LogP) is 1.70. The zero-order valence-corrected chi connectivity index (χ0v) is 11.8. The summed E-state index contributed by atoms with van der Waals surface area (Å²) < 4.78 is 5.36. The lowest BCUT2D eigenvalue weighted by molar-refractivity contribution is 0.0665. The number of hydrogen-bond donors (Lipinski definition) is 1. The summed E-state index contributed by atoms with van der Waals surface area (Å²) in [4.78, 5) is 6.60. The van der Waals surface area contributed by atoms with Gasteiger partial charge in [-0.2, -0.15) is 0 Å². The molecule has 0 radical (unpaired) electrons. The first-order chi connectivity index (χ1) is 9.31. The minimum Gasteiger partial charge on any atom is -0.378 e. The number of hydrogen-bond acceptors (Lipinski definition) is 2. The summed E-state index contributed by atoms with van der Waals surface area (Å²) in [6, 6.07) is 10.6. The van der Waals surface area contributed by atoms with E-state index in [9.17, 15) is 0 Å². The predicted molar refractivity (Wildman–Crippen MR) is 78.6 cm³/mol. The Hall–Kier alpha value is -1.55. The summed E-state index contributed by atoms with van der Waals surface area (Å²) >= 11 is 0. The van der Waals surface area contributed by atoms with E-state index in [0.29, 0.717) is 5.92 Å². The second-order valence-electron chi connectivity index (χ2n) is 4.84. The fourth-order valence-corrected chi connectivity index (χ4v) is 2.25. The number of nitrogens with zero attached hydrogens (tertiary/aromatic N) is 2. The van der Waals surface area contributed by atoms with E-state index in [-0.39, 0.29) is 0 Å². The highest BCUT2D eigenvalue weighted by molar-refractivity contribution is 5.80. The fraction of sp³-hybridized carbons (Fsp3) is 0.533. The average Bonchev–Trinajstić information content (AvgIpc) is 2.49. The minimum atomic E-state index is 0.471. The van der Waals surface area contributed by atoms with Gasteiger partial charge in [-0.05, 0) is 11.5 Å². The van der Waals surface area contributed by atoms with Crippen LogP contribution in [0, 0.1) is 0 Å². The first kappa shape index (κ1) is 13.9. The number of benzene rings is 1. The van der Waals surface area contributed by atoms with Gasteiger partial charge in [0.25, 0.3) is 0 Å². The maximum atomic E-state index is 5.36. The van der Waals surface area contributed by atoms with Gasteiger partial charge < -0.3 is 15.0 Å². The zero-order chi connectivity index (χ0) is 13.5. The van der Waals surface area contributed by atoms with Crippen molar-refractivity contribution in [3.05, 3.63) is 35.9 Å². The smallest absolute Gasteiger partial charge is 0.193 e. The van der Waals surface area contributed by atoms with E-state index in [1.807, 2.05) is 7.05 Å². The summed E-state index contributed by atoms with van der Waals surface area (Å²) in [7, 11) is 1.84. The number of guanidine groups is 1. The standard InChI is InChI=1S/C15H23N3O/c1-13(14-6-4-3-5-7-14)12-17-15(16-2)18-8-10-19-11-9-18/h3-7,13H,8-12H2,1-2H3,(H,16,17). The number of rotatable bonds is 3. The van der Waals surface area contributed by atoms with Gasteiger partial charge in [0.05, 0.1) is 13.2 Å². The molecule has 1 saturated heterocycles. The van der Waals surface area contributed by atoms with Gasteiger partial charge in [0.15, 0.2) is 5.96 Å². The third kappa shape index (κ3) is 3.96. The highest BCUT2D eigenvalue weighted by Crippen LogP contribution is 2.13. The van der Waals surface area contributed by atoms with Gasteiger partial charge in [-0.3, -0.25) is 4.99 Å². The van der Waals surface area contributed by atoms with E-state index >= 15 is 0 Å². The van der Waals surface area contributed by atoms with Gasteiger partial charge in [-0.1, -0.05) is 37.3 Å². The molecule has 1 aromatic carbocycles. The molecule has 0 spiro atoms. The molecule has 1 N–H and O–H groups in total. The van der Waals surface area contributed by atoms with Crippen LogP contribution in [0.5, 0.6) is 0 Å². The van der Waals surface area contributed by atoms with Crippen LogP contribution in [-0.4, -0.2) is 50.8 Å². The van der Waals surface area contributed by atoms with Crippen molar-refractivity contribution in [2.24, 2.45) is 4.99 Å². The van der Waals surface area contributed by atoms with Crippen LogP contribution in [0.15, 0.2) is 35.3 Å². The first-order valence-electron chi connectivity index (χ1n) is 6.89. The Morgan fingerprint density at radius 2 is 2.00 bits per heavy atom. The third-order valence-electron chi connectivity index (χ3n) is 3.46. The third-order valence-corrected chi connectivity index (χ3v) is 3.46. The van der Waals surface area contributed by atoms with E-state index in [2.05, 4.69) is 52.5 Å². The average molecular weight is 261 g/mol. The Morgan fingerprint density at radius 1 is 1.32 bits per heavy atom. The minimum absolute atomic E-state index is 0.471. The van der Waals surface area contributed by atoms with E-state index in [4.69, 9.17) is 4.74 Å². The van der Waals surface area contributed by atoms with E-state index < -0.39 is 0 Å². The van der Waals surface area contributed by atoms with Crippen LogP contribution < -0.4 is 5.32 Å². The molecule has 4 heteroatoms. The van der Waals surface area contributed by atoms with E-state index in [1.54, 1.807) is 0 Å². The molecule has 1 aromatic rings. The molecule has 0 amide bonds. The monoisotopic (exact) mass is 261 g/mol. The molecule has 19 heavy (non-hydrogen) atoms. The Bertz CT molecular complexity index is 399. The SMILES string of the molecule is CN=C(NCC(C)c1ccccc1)N1CCOCC1. The van der Waals surface area contributed by atoms with Crippen molar-refractivity contribution in [1.29, 1.82) is 0 Å². The first-order valence-corrected chi connectivity index (χ1v) is 6.89. The van der Waals surface area contributed by atoms with Crippen molar-refractivity contribution < 1.29 is 4.74 Å². The molecule has 1 aliphatic rings. The van der Waals surface area contributed by atoms with Crippen LogP contribution in [0.1, 0.15) is 18.4 Å². The number of morpholine rings is 1. The number of aliphatic imine (C=N–C) groups is 1. The highest BCUT2D eigenvalue weighted by Gasteiger charge is 2.15. The van der Waals surface area contributed by atoms with E-state index in [0.717, 1.165) is 38.8 Å². The van der Waals surface area contributed by atoms with Crippen LogP contribution in [0.2, 0.25) is 0 Å². The van der Waals surface area contributed by atoms with Crippen molar-refractivity contribution in [2.45, 2.75) is 12.8 Å². The molecule has 4 nitrogen and oxygen atoms in total. The van der Waals surface area contributed by atoms with Crippen LogP contribution in [-0.2, 0) is 4.74 Å². The molecular weight excluding hydrogens is 238 g/mol. The Morgan fingerprint density at radius 3 is 2.63 bits per heavy atom. The second kappa shape index (κ2) is 7.14. The molecular formula is C15H23N3O. The fourth-order valence-electron chi connectivity index (χ4n) is 2.25.